The molecule has 2 aromatic carbocycles. The maximum absolute atomic E-state index is 12.8. The van der Waals surface area contributed by atoms with Crippen LogP contribution in [0.1, 0.15) is 16.8 Å². The number of rotatable bonds is 3. The Morgan fingerprint density at radius 3 is 2.04 bits per heavy atom. The van der Waals surface area contributed by atoms with E-state index in [0.29, 0.717) is 22.0 Å². The quantitative estimate of drug-likeness (QED) is 0.343. The van der Waals surface area contributed by atoms with Gasteiger partial charge in [-0.2, -0.15) is 0 Å². The number of amides is 2. The largest absolute Gasteiger partial charge is 0.423 e. The lowest BCUT2D eigenvalue weighted by Crippen LogP contribution is -2.32. The fourth-order valence-corrected chi connectivity index (χ4v) is 4.70. The molecule has 0 N–H and O–H groups in total. The van der Waals surface area contributed by atoms with Gasteiger partial charge in [0.05, 0.1) is 23.1 Å². The summed E-state index contributed by atoms with van der Waals surface area (Å²) in [5.74, 6) is -0.540. The summed E-state index contributed by atoms with van der Waals surface area (Å²) < 4.78 is 5.31. The molecular weight excluding hydrogens is 378 g/mol. The minimum absolute atomic E-state index is 0.136. The Kier molecular flexibility index (Phi) is 3.88. The van der Waals surface area contributed by atoms with Gasteiger partial charge in [0.25, 0.3) is 0 Å². The molecule has 2 aliphatic carbocycles. The van der Waals surface area contributed by atoms with E-state index in [1.165, 1.54) is 4.90 Å². The van der Waals surface area contributed by atoms with Crippen LogP contribution < -0.4 is 9.64 Å². The summed E-state index contributed by atoms with van der Waals surface area (Å²) in [5.41, 5.74) is 0.826. The summed E-state index contributed by atoms with van der Waals surface area (Å²) in [4.78, 5) is 39.3. The molecule has 1 heterocycles. The maximum atomic E-state index is 12.8. The molecule has 2 bridgehead atoms. The number of hydrogen-bond donors (Lipinski definition) is 0. The Morgan fingerprint density at radius 1 is 0.893 bits per heavy atom. The number of imide groups is 1. The first-order valence-electron chi connectivity index (χ1n) is 9.17. The Balaban J connectivity index is 1.34. The summed E-state index contributed by atoms with van der Waals surface area (Å²) in [6.07, 6.45) is 5.03. The molecule has 2 fully saturated rings. The van der Waals surface area contributed by atoms with Crippen molar-refractivity contribution in [2.24, 2.45) is 23.7 Å². The number of ether oxygens (including phenoxy) is 1. The number of halogens is 1. The van der Waals surface area contributed by atoms with Gasteiger partial charge in [0.15, 0.2) is 0 Å². The van der Waals surface area contributed by atoms with E-state index in [9.17, 15) is 14.4 Å². The van der Waals surface area contributed by atoms with E-state index in [2.05, 4.69) is 12.2 Å². The number of benzene rings is 2. The number of hydrogen-bond acceptors (Lipinski definition) is 4. The highest BCUT2D eigenvalue weighted by molar-refractivity contribution is 6.30. The van der Waals surface area contributed by atoms with Crippen LogP contribution in [0.2, 0.25) is 5.02 Å². The van der Waals surface area contributed by atoms with Crippen LogP contribution in [-0.2, 0) is 9.59 Å². The van der Waals surface area contributed by atoms with Crippen molar-refractivity contribution in [1.29, 1.82) is 0 Å². The molecule has 6 heteroatoms. The van der Waals surface area contributed by atoms with Crippen LogP contribution in [0.4, 0.5) is 5.69 Å². The molecule has 2 aromatic rings. The molecule has 0 radical (unpaired) electrons. The van der Waals surface area contributed by atoms with E-state index in [1.54, 1.807) is 48.5 Å². The highest BCUT2D eigenvalue weighted by Crippen LogP contribution is 2.53. The Morgan fingerprint density at radius 2 is 1.46 bits per heavy atom. The number of allylic oxidation sites excluding steroid dienone is 2. The van der Waals surface area contributed by atoms with Crippen molar-refractivity contribution in [3.8, 4) is 5.75 Å². The second-order valence-electron chi connectivity index (χ2n) is 7.40. The normalized spacial score (nSPS) is 27.4. The van der Waals surface area contributed by atoms with E-state index >= 15 is 0 Å². The second-order valence-corrected chi connectivity index (χ2v) is 7.84. The summed E-state index contributed by atoms with van der Waals surface area (Å²) >= 11 is 5.82. The van der Waals surface area contributed by atoms with Crippen LogP contribution in [0.15, 0.2) is 60.7 Å². The van der Waals surface area contributed by atoms with Gasteiger partial charge in [0, 0.05) is 5.02 Å². The van der Waals surface area contributed by atoms with E-state index in [0.717, 1.165) is 6.42 Å². The van der Waals surface area contributed by atoms with Crippen LogP contribution in [-0.4, -0.2) is 17.8 Å². The highest BCUT2D eigenvalue weighted by Gasteiger charge is 2.59. The summed E-state index contributed by atoms with van der Waals surface area (Å²) in [7, 11) is 0. The lowest BCUT2D eigenvalue weighted by atomic mass is 9.85. The first-order valence-corrected chi connectivity index (χ1v) is 9.54. The molecule has 1 aliphatic heterocycles. The Hall–Kier alpha value is -2.92. The van der Waals surface area contributed by atoms with Crippen molar-refractivity contribution < 1.29 is 19.1 Å². The van der Waals surface area contributed by atoms with Gasteiger partial charge in [-0.15, -0.1) is 0 Å². The number of fused-ring (bicyclic) bond motifs is 5. The minimum atomic E-state index is -0.521. The summed E-state index contributed by atoms with van der Waals surface area (Å²) in [6.45, 7) is 0. The van der Waals surface area contributed by atoms with Crippen molar-refractivity contribution >= 4 is 35.1 Å². The van der Waals surface area contributed by atoms with Gasteiger partial charge in [-0.25, -0.2) is 4.79 Å². The smallest absolute Gasteiger partial charge is 0.343 e. The molecule has 1 saturated carbocycles. The molecule has 2 amide bonds. The van der Waals surface area contributed by atoms with Crippen LogP contribution in [0.3, 0.4) is 0 Å². The van der Waals surface area contributed by atoms with E-state index in [1.807, 2.05) is 0 Å². The molecular formula is C22H16ClNO4. The number of nitrogens with zero attached hydrogens (tertiary/aromatic N) is 1. The van der Waals surface area contributed by atoms with Gasteiger partial charge < -0.3 is 4.74 Å². The average Bonchev–Trinajstić information content (AvgIpc) is 3.38. The molecule has 0 aromatic heterocycles. The number of carbonyl (C=O) groups is 3. The van der Waals surface area contributed by atoms with E-state index < -0.39 is 5.97 Å². The first-order chi connectivity index (χ1) is 13.5. The van der Waals surface area contributed by atoms with Gasteiger partial charge in [-0.05, 0) is 66.8 Å². The highest BCUT2D eigenvalue weighted by atomic mass is 35.5. The molecule has 5 nitrogen and oxygen atoms in total. The van der Waals surface area contributed by atoms with Crippen molar-refractivity contribution in [3.63, 3.8) is 0 Å². The van der Waals surface area contributed by atoms with Crippen molar-refractivity contribution in [2.45, 2.75) is 6.42 Å². The third-order valence-corrected chi connectivity index (χ3v) is 6.11. The maximum Gasteiger partial charge on any atom is 0.343 e. The molecule has 28 heavy (non-hydrogen) atoms. The predicted octanol–water partition coefficient (Wildman–Crippen LogP) is 3.87. The SMILES string of the molecule is O=C(Oc1ccc(Cl)cc1)c1ccc(N2C(=O)[C@H]3[C@H](C2=O)[C@H]2C=C[C@H]3C2)cc1. The monoisotopic (exact) mass is 393 g/mol. The van der Waals surface area contributed by atoms with Crippen LogP contribution >= 0.6 is 11.6 Å². The zero-order chi connectivity index (χ0) is 19.4. The topological polar surface area (TPSA) is 63.7 Å². The molecule has 140 valence electrons. The number of carbonyl (C=O) groups excluding carboxylic acids is 3. The van der Waals surface area contributed by atoms with Crippen LogP contribution in [0.5, 0.6) is 5.75 Å². The molecule has 1 saturated heterocycles. The van der Waals surface area contributed by atoms with Gasteiger partial charge in [-0.1, -0.05) is 23.8 Å². The Labute approximate surface area is 166 Å². The number of esters is 1. The molecule has 0 unspecified atom stereocenters. The van der Waals surface area contributed by atoms with Crippen molar-refractivity contribution in [1.82, 2.24) is 0 Å². The zero-order valence-electron chi connectivity index (χ0n) is 14.7. The average molecular weight is 394 g/mol. The molecule has 3 aliphatic rings. The van der Waals surface area contributed by atoms with E-state index in [4.69, 9.17) is 16.3 Å². The van der Waals surface area contributed by atoms with Gasteiger partial charge in [-0.3, -0.25) is 14.5 Å². The van der Waals surface area contributed by atoms with Crippen LogP contribution in [0.25, 0.3) is 0 Å². The molecule has 5 rings (SSSR count). The van der Waals surface area contributed by atoms with Crippen molar-refractivity contribution in [2.75, 3.05) is 4.90 Å². The van der Waals surface area contributed by atoms with Gasteiger partial charge in [0.2, 0.25) is 11.8 Å². The fourth-order valence-electron chi connectivity index (χ4n) is 4.57. The lowest BCUT2D eigenvalue weighted by molar-refractivity contribution is -0.123. The van der Waals surface area contributed by atoms with E-state index in [-0.39, 0.29) is 35.5 Å². The summed E-state index contributed by atoms with van der Waals surface area (Å²) in [6, 6.07) is 12.8. The third-order valence-electron chi connectivity index (χ3n) is 5.86. The minimum Gasteiger partial charge on any atom is -0.423 e. The predicted molar refractivity (Wildman–Crippen MR) is 103 cm³/mol. The van der Waals surface area contributed by atoms with Crippen molar-refractivity contribution in [3.05, 3.63) is 71.3 Å². The number of anilines is 1. The van der Waals surface area contributed by atoms with Gasteiger partial charge in [0.1, 0.15) is 5.75 Å². The first kappa shape index (κ1) is 17.2. The van der Waals surface area contributed by atoms with Crippen LogP contribution in [0, 0.1) is 23.7 Å². The van der Waals surface area contributed by atoms with Gasteiger partial charge >= 0.3 is 5.97 Å². The Bertz CT molecular complexity index is 982. The zero-order valence-corrected chi connectivity index (χ0v) is 15.5. The lowest BCUT2D eigenvalue weighted by Gasteiger charge is -2.17. The standard InChI is InChI=1S/C22H16ClNO4/c23-15-5-9-17(10-6-15)28-22(27)12-3-7-16(8-4-12)24-20(25)18-13-1-2-14(11-13)19(18)21(24)26/h1-10,13-14,18-19H,11H2/t13-,14-,18+,19+/m0/s1. The third kappa shape index (κ3) is 2.58. The second kappa shape index (κ2) is 6.31. The molecule has 0 spiro atoms. The summed E-state index contributed by atoms with van der Waals surface area (Å²) in [5, 5.41) is 0.553. The fraction of sp³-hybridized carbons (Fsp3) is 0.227. The molecule has 4 atom stereocenters.